The topological polar surface area (TPSA) is 53.1 Å². The van der Waals surface area contributed by atoms with Gasteiger partial charge in [0.1, 0.15) is 5.82 Å². The Labute approximate surface area is 182 Å². The van der Waals surface area contributed by atoms with Crippen LogP contribution in [-0.2, 0) is 11.2 Å². The number of aromatic amines is 1. The van der Waals surface area contributed by atoms with Gasteiger partial charge in [0, 0.05) is 27.4 Å². The van der Waals surface area contributed by atoms with E-state index in [4.69, 9.17) is 23.2 Å². The number of rotatable bonds is 5. The molecule has 6 heteroatoms. The summed E-state index contributed by atoms with van der Waals surface area (Å²) in [4.78, 5) is 14.8. The van der Waals surface area contributed by atoms with Crippen LogP contribution in [0.2, 0.25) is 10.0 Å². The molecule has 0 spiro atoms. The molecule has 3 aromatic carbocycles. The molecule has 3 nitrogen and oxygen atoms in total. The number of H-pyrrole nitrogens is 1. The van der Waals surface area contributed by atoms with E-state index in [0.29, 0.717) is 33.1 Å². The Balaban J connectivity index is 2.12. The molecule has 0 atom stereocenters. The summed E-state index contributed by atoms with van der Waals surface area (Å²) in [7, 11) is 0. The first-order chi connectivity index (χ1) is 14.5. The second-order valence-electron chi connectivity index (χ2n) is 6.78. The molecule has 0 radical (unpaired) electrons. The zero-order chi connectivity index (χ0) is 21.3. The van der Waals surface area contributed by atoms with Gasteiger partial charge >= 0.3 is 5.97 Å². The minimum atomic E-state index is -1.00. The van der Waals surface area contributed by atoms with E-state index >= 15 is 4.39 Å². The second kappa shape index (κ2) is 8.34. The van der Waals surface area contributed by atoms with Crippen LogP contribution in [0.3, 0.4) is 0 Å². The quantitative estimate of drug-likeness (QED) is 0.348. The third-order valence-corrected chi connectivity index (χ3v) is 5.33. The Morgan fingerprint density at radius 3 is 2.30 bits per heavy atom. The molecule has 0 aliphatic heterocycles. The van der Waals surface area contributed by atoms with E-state index in [1.54, 1.807) is 30.3 Å². The van der Waals surface area contributed by atoms with Crippen LogP contribution >= 0.6 is 23.2 Å². The molecule has 4 rings (SSSR count). The van der Waals surface area contributed by atoms with E-state index in [1.807, 2.05) is 36.4 Å². The first-order valence-electron chi connectivity index (χ1n) is 9.18. The molecule has 4 aromatic rings. The van der Waals surface area contributed by atoms with Crippen molar-refractivity contribution in [1.29, 1.82) is 0 Å². The number of carboxylic acids is 1. The van der Waals surface area contributed by atoms with Crippen LogP contribution < -0.4 is 0 Å². The maximum Gasteiger partial charge on any atom is 0.309 e. The number of aliphatic carboxylic acids is 1. The molecule has 0 saturated carbocycles. The highest BCUT2D eigenvalue weighted by Crippen LogP contribution is 2.44. The number of aromatic nitrogens is 1. The Morgan fingerprint density at radius 1 is 0.900 bits per heavy atom. The largest absolute Gasteiger partial charge is 0.481 e. The van der Waals surface area contributed by atoms with E-state index in [1.165, 1.54) is 6.07 Å². The summed E-state index contributed by atoms with van der Waals surface area (Å²) in [6.45, 7) is 0. The fraction of sp³-hybridized carbons (Fsp3) is 0.0417. The summed E-state index contributed by atoms with van der Waals surface area (Å²) in [5.74, 6) is -1.57. The molecule has 0 fully saturated rings. The van der Waals surface area contributed by atoms with Crippen molar-refractivity contribution >= 4 is 29.2 Å². The van der Waals surface area contributed by atoms with Gasteiger partial charge in [-0.3, -0.25) is 4.79 Å². The predicted octanol–water partition coefficient (Wildman–Crippen LogP) is 7.09. The summed E-state index contributed by atoms with van der Waals surface area (Å²) in [5.41, 5.74) is 3.96. The zero-order valence-corrected chi connectivity index (χ0v) is 17.1. The van der Waals surface area contributed by atoms with Gasteiger partial charge in [-0.15, -0.1) is 0 Å². The lowest BCUT2D eigenvalue weighted by Gasteiger charge is -2.12. The number of carboxylic acid groups (broad SMARTS) is 1. The Hall–Kier alpha value is -3.08. The number of hydrogen-bond acceptors (Lipinski definition) is 1. The van der Waals surface area contributed by atoms with Crippen LogP contribution in [0.4, 0.5) is 4.39 Å². The second-order valence-corrected chi connectivity index (χ2v) is 7.62. The van der Waals surface area contributed by atoms with Crippen molar-refractivity contribution in [3.8, 4) is 33.5 Å². The van der Waals surface area contributed by atoms with Crippen LogP contribution in [0.25, 0.3) is 33.5 Å². The number of hydrogen-bond donors (Lipinski definition) is 2. The van der Waals surface area contributed by atoms with Gasteiger partial charge in [-0.1, -0.05) is 77.8 Å². The Bertz CT molecular complexity index is 1240. The zero-order valence-electron chi connectivity index (χ0n) is 15.6. The fourth-order valence-corrected chi connectivity index (χ4v) is 3.95. The van der Waals surface area contributed by atoms with Crippen molar-refractivity contribution in [2.75, 3.05) is 0 Å². The maximum absolute atomic E-state index is 15.1. The first-order valence-corrected chi connectivity index (χ1v) is 9.93. The minimum Gasteiger partial charge on any atom is -0.481 e. The average molecular weight is 440 g/mol. The number of halogens is 3. The highest BCUT2D eigenvalue weighted by atomic mass is 35.5. The molecule has 0 bridgehead atoms. The van der Waals surface area contributed by atoms with E-state index in [2.05, 4.69) is 4.98 Å². The number of nitrogens with one attached hydrogen (secondary N) is 1. The van der Waals surface area contributed by atoms with Crippen molar-refractivity contribution in [3.63, 3.8) is 0 Å². The molecular formula is C24H16Cl2FNO2. The normalized spacial score (nSPS) is 10.9. The van der Waals surface area contributed by atoms with Gasteiger partial charge in [0.2, 0.25) is 0 Å². The molecule has 1 heterocycles. The molecule has 0 amide bonds. The number of benzene rings is 3. The summed E-state index contributed by atoms with van der Waals surface area (Å²) in [5, 5.41) is 9.98. The summed E-state index contributed by atoms with van der Waals surface area (Å²) < 4.78 is 15.1. The summed E-state index contributed by atoms with van der Waals surface area (Å²) >= 11 is 12.3. The van der Waals surface area contributed by atoms with Crippen LogP contribution in [-0.4, -0.2) is 16.1 Å². The maximum atomic E-state index is 15.1. The van der Waals surface area contributed by atoms with Gasteiger partial charge in [0.15, 0.2) is 0 Å². The molecule has 0 aliphatic carbocycles. The molecule has 30 heavy (non-hydrogen) atoms. The van der Waals surface area contributed by atoms with Crippen LogP contribution in [0.5, 0.6) is 0 Å². The fourth-order valence-electron chi connectivity index (χ4n) is 3.59. The third kappa shape index (κ3) is 3.84. The lowest BCUT2D eigenvalue weighted by atomic mass is 9.92. The van der Waals surface area contributed by atoms with Gasteiger partial charge in [0.25, 0.3) is 0 Å². The average Bonchev–Trinajstić information content (AvgIpc) is 3.09. The van der Waals surface area contributed by atoms with Crippen LogP contribution in [0.1, 0.15) is 5.69 Å². The Morgan fingerprint density at radius 2 is 1.60 bits per heavy atom. The first kappa shape index (κ1) is 20.2. The van der Waals surface area contributed by atoms with Crippen molar-refractivity contribution < 1.29 is 14.3 Å². The van der Waals surface area contributed by atoms with Gasteiger partial charge in [-0.25, -0.2) is 4.39 Å². The molecule has 0 saturated heterocycles. The van der Waals surface area contributed by atoms with Crippen molar-refractivity contribution in [3.05, 3.63) is 94.4 Å². The van der Waals surface area contributed by atoms with Crippen molar-refractivity contribution in [2.24, 2.45) is 0 Å². The number of carbonyl (C=O) groups is 1. The standard InChI is InChI=1S/C24H16Cl2FNO2/c25-16-9-4-8-15(12-16)21-19(13-20(29)30)28-24(14-6-2-1-3-7-14)22(21)17-10-5-11-18(26)23(17)27/h1-12,28H,13H2,(H,29,30). The predicted molar refractivity (Wildman–Crippen MR) is 118 cm³/mol. The molecule has 150 valence electrons. The highest BCUT2D eigenvalue weighted by Gasteiger charge is 2.25. The monoisotopic (exact) mass is 439 g/mol. The van der Waals surface area contributed by atoms with Crippen LogP contribution in [0.15, 0.2) is 72.8 Å². The molecule has 0 unspecified atom stereocenters. The van der Waals surface area contributed by atoms with E-state index in [-0.39, 0.29) is 17.0 Å². The van der Waals surface area contributed by atoms with Gasteiger partial charge in [-0.05, 0) is 29.3 Å². The SMILES string of the molecule is O=C(O)Cc1[nH]c(-c2ccccc2)c(-c2cccc(Cl)c2F)c1-c1cccc(Cl)c1. The van der Waals surface area contributed by atoms with E-state index in [0.717, 1.165) is 5.56 Å². The van der Waals surface area contributed by atoms with Gasteiger partial charge in [-0.2, -0.15) is 0 Å². The molecular weight excluding hydrogens is 424 g/mol. The summed E-state index contributed by atoms with van der Waals surface area (Å²) in [6, 6.07) is 21.2. The lowest BCUT2D eigenvalue weighted by molar-refractivity contribution is -0.136. The summed E-state index contributed by atoms with van der Waals surface area (Å²) in [6.07, 6.45) is -0.260. The minimum absolute atomic E-state index is 0.00968. The lowest BCUT2D eigenvalue weighted by Crippen LogP contribution is -2.02. The van der Waals surface area contributed by atoms with E-state index in [9.17, 15) is 9.90 Å². The molecule has 1 aromatic heterocycles. The highest BCUT2D eigenvalue weighted by molar-refractivity contribution is 6.31. The van der Waals surface area contributed by atoms with E-state index < -0.39 is 11.8 Å². The van der Waals surface area contributed by atoms with Gasteiger partial charge in [0.05, 0.1) is 17.1 Å². The van der Waals surface area contributed by atoms with Crippen LogP contribution in [0, 0.1) is 5.82 Å². The smallest absolute Gasteiger partial charge is 0.309 e. The third-order valence-electron chi connectivity index (χ3n) is 4.80. The molecule has 2 N–H and O–H groups in total. The molecule has 0 aliphatic rings. The van der Waals surface area contributed by atoms with Crippen molar-refractivity contribution in [1.82, 2.24) is 4.98 Å². The Kier molecular flexibility index (Phi) is 5.62. The van der Waals surface area contributed by atoms with Gasteiger partial charge < -0.3 is 10.1 Å². The van der Waals surface area contributed by atoms with Crippen molar-refractivity contribution in [2.45, 2.75) is 6.42 Å².